The zero-order chi connectivity index (χ0) is 13.4. The first-order chi connectivity index (χ1) is 9.20. The van der Waals surface area contributed by atoms with Crippen molar-refractivity contribution in [1.82, 2.24) is 9.55 Å². The lowest BCUT2D eigenvalue weighted by atomic mass is 10.1. The number of hydrogen-bond acceptors (Lipinski definition) is 2. The lowest BCUT2D eigenvalue weighted by molar-refractivity contribution is 0.995. The predicted molar refractivity (Wildman–Crippen MR) is 75.3 cm³/mol. The highest BCUT2D eigenvalue weighted by molar-refractivity contribution is 5.79. The second-order valence-corrected chi connectivity index (χ2v) is 4.62. The van der Waals surface area contributed by atoms with Gasteiger partial charge in [0, 0.05) is 0 Å². The molecule has 1 heterocycles. The molecule has 0 aliphatic heterocycles. The van der Waals surface area contributed by atoms with Crippen molar-refractivity contribution >= 4 is 11.0 Å². The van der Waals surface area contributed by atoms with Crippen LogP contribution in [0.25, 0.3) is 16.7 Å². The molecule has 92 valence electrons. The topological polar surface area (TPSA) is 41.6 Å². The molecule has 0 bridgehead atoms. The van der Waals surface area contributed by atoms with Gasteiger partial charge in [0.2, 0.25) is 0 Å². The van der Waals surface area contributed by atoms with Crippen molar-refractivity contribution in [2.45, 2.75) is 13.8 Å². The van der Waals surface area contributed by atoms with Gasteiger partial charge in [-0.15, -0.1) is 0 Å². The molecule has 0 N–H and O–H groups in total. The highest BCUT2D eigenvalue weighted by Crippen LogP contribution is 2.24. The van der Waals surface area contributed by atoms with Crippen molar-refractivity contribution in [1.29, 1.82) is 5.26 Å². The van der Waals surface area contributed by atoms with E-state index in [1.165, 1.54) is 0 Å². The first-order valence-corrected chi connectivity index (χ1v) is 6.16. The van der Waals surface area contributed by atoms with Crippen molar-refractivity contribution in [2.75, 3.05) is 0 Å². The fourth-order valence-corrected chi connectivity index (χ4v) is 2.38. The van der Waals surface area contributed by atoms with Crippen LogP contribution in [0, 0.1) is 25.2 Å². The maximum atomic E-state index is 9.32. The minimum atomic E-state index is 0.672. The Morgan fingerprint density at radius 1 is 1.11 bits per heavy atom. The van der Waals surface area contributed by atoms with E-state index >= 15 is 0 Å². The van der Waals surface area contributed by atoms with E-state index in [1.807, 2.05) is 60.9 Å². The molecule has 3 rings (SSSR count). The summed E-state index contributed by atoms with van der Waals surface area (Å²) in [4.78, 5) is 4.54. The second kappa shape index (κ2) is 4.25. The third-order valence-electron chi connectivity index (χ3n) is 3.24. The zero-order valence-corrected chi connectivity index (χ0v) is 10.9. The zero-order valence-electron chi connectivity index (χ0n) is 10.9. The number of fused-ring (bicyclic) bond motifs is 1. The van der Waals surface area contributed by atoms with Crippen molar-refractivity contribution in [2.24, 2.45) is 0 Å². The van der Waals surface area contributed by atoms with Crippen molar-refractivity contribution in [3.8, 4) is 11.8 Å². The number of imidazole rings is 1. The number of para-hydroxylation sites is 2. The van der Waals surface area contributed by atoms with E-state index in [0.29, 0.717) is 5.56 Å². The summed E-state index contributed by atoms with van der Waals surface area (Å²) in [6.07, 6.45) is 0. The van der Waals surface area contributed by atoms with Crippen LogP contribution >= 0.6 is 0 Å². The summed E-state index contributed by atoms with van der Waals surface area (Å²) in [7, 11) is 0. The molecule has 0 aliphatic rings. The Morgan fingerprint density at radius 2 is 1.89 bits per heavy atom. The molecule has 0 radical (unpaired) electrons. The standard InChI is InChI=1S/C16H13N3/c1-11-7-8-15(13(9-11)10-17)19-12(2)18-14-5-3-4-6-16(14)19/h3-9H,1-2H3. The molecule has 3 aromatic rings. The molecule has 3 heteroatoms. The number of hydrogen-bond donors (Lipinski definition) is 0. The van der Waals surface area contributed by atoms with Gasteiger partial charge in [-0.3, -0.25) is 4.57 Å². The number of aromatic nitrogens is 2. The lowest BCUT2D eigenvalue weighted by Crippen LogP contribution is -2.00. The van der Waals surface area contributed by atoms with Crippen LogP contribution in [0.5, 0.6) is 0 Å². The molecule has 0 aliphatic carbocycles. The van der Waals surface area contributed by atoms with Crippen LogP contribution in [-0.2, 0) is 0 Å². The molecule has 0 saturated carbocycles. The molecular weight excluding hydrogens is 234 g/mol. The molecule has 3 nitrogen and oxygen atoms in total. The maximum absolute atomic E-state index is 9.32. The van der Waals surface area contributed by atoms with Gasteiger partial charge in [0.15, 0.2) is 0 Å². The number of aryl methyl sites for hydroxylation is 2. The Morgan fingerprint density at radius 3 is 2.68 bits per heavy atom. The fourth-order valence-electron chi connectivity index (χ4n) is 2.38. The highest BCUT2D eigenvalue weighted by atomic mass is 15.1. The average molecular weight is 247 g/mol. The summed E-state index contributed by atoms with van der Waals surface area (Å²) in [5.74, 6) is 0.890. The van der Waals surface area contributed by atoms with E-state index in [9.17, 15) is 5.26 Å². The van der Waals surface area contributed by atoms with Crippen LogP contribution in [0.15, 0.2) is 42.5 Å². The van der Waals surface area contributed by atoms with Gasteiger partial charge in [-0.05, 0) is 43.7 Å². The Kier molecular flexibility index (Phi) is 2.57. The molecule has 0 fully saturated rings. The van der Waals surface area contributed by atoms with Gasteiger partial charge in [-0.25, -0.2) is 4.98 Å². The maximum Gasteiger partial charge on any atom is 0.111 e. The van der Waals surface area contributed by atoms with Gasteiger partial charge < -0.3 is 0 Å². The lowest BCUT2D eigenvalue weighted by Gasteiger charge is -2.09. The van der Waals surface area contributed by atoms with E-state index in [-0.39, 0.29) is 0 Å². The monoisotopic (exact) mass is 247 g/mol. The van der Waals surface area contributed by atoms with E-state index in [0.717, 1.165) is 28.1 Å². The highest BCUT2D eigenvalue weighted by Gasteiger charge is 2.12. The SMILES string of the molecule is Cc1ccc(-n2c(C)nc3ccccc32)c(C#N)c1. The van der Waals surface area contributed by atoms with E-state index in [4.69, 9.17) is 0 Å². The first-order valence-electron chi connectivity index (χ1n) is 6.16. The Bertz CT molecular complexity index is 806. The summed E-state index contributed by atoms with van der Waals surface area (Å²) in [5, 5.41) is 9.32. The summed E-state index contributed by atoms with van der Waals surface area (Å²) in [5.41, 5.74) is 4.62. The smallest absolute Gasteiger partial charge is 0.111 e. The minimum Gasteiger partial charge on any atom is -0.295 e. The molecule has 0 saturated heterocycles. The third-order valence-corrected chi connectivity index (χ3v) is 3.24. The predicted octanol–water partition coefficient (Wildman–Crippen LogP) is 3.51. The Labute approximate surface area is 111 Å². The van der Waals surface area contributed by atoms with Gasteiger partial charge >= 0.3 is 0 Å². The fraction of sp³-hybridized carbons (Fsp3) is 0.125. The van der Waals surface area contributed by atoms with Gasteiger partial charge in [-0.1, -0.05) is 18.2 Å². The van der Waals surface area contributed by atoms with Crippen molar-refractivity contribution in [3.05, 3.63) is 59.4 Å². The van der Waals surface area contributed by atoms with Crippen molar-refractivity contribution < 1.29 is 0 Å². The minimum absolute atomic E-state index is 0.672. The van der Waals surface area contributed by atoms with Crippen LogP contribution in [0.1, 0.15) is 17.0 Å². The molecule has 0 amide bonds. The number of rotatable bonds is 1. The van der Waals surface area contributed by atoms with Crippen LogP contribution in [0.2, 0.25) is 0 Å². The number of benzene rings is 2. The van der Waals surface area contributed by atoms with Crippen LogP contribution in [0.4, 0.5) is 0 Å². The number of nitrogens with zero attached hydrogens (tertiary/aromatic N) is 3. The van der Waals surface area contributed by atoms with Crippen LogP contribution in [-0.4, -0.2) is 9.55 Å². The third kappa shape index (κ3) is 1.78. The molecular formula is C16H13N3. The molecule has 2 aromatic carbocycles. The summed E-state index contributed by atoms with van der Waals surface area (Å²) >= 11 is 0. The van der Waals surface area contributed by atoms with E-state index in [2.05, 4.69) is 11.1 Å². The van der Waals surface area contributed by atoms with E-state index in [1.54, 1.807) is 0 Å². The molecule has 0 unspecified atom stereocenters. The quantitative estimate of drug-likeness (QED) is 0.660. The average Bonchev–Trinajstić information content (AvgIpc) is 2.74. The first kappa shape index (κ1) is 11.5. The molecule has 0 atom stereocenters. The normalized spacial score (nSPS) is 10.6. The summed E-state index contributed by atoms with van der Waals surface area (Å²) in [6.45, 7) is 3.95. The van der Waals surface area contributed by atoms with Gasteiger partial charge in [0.25, 0.3) is 0 Å². The Balaban J connectivity index is 2.37. The number of nitriles is 1. The van der Waals surface area contributed by atoms with E-state index < -0.39 is 0 Å². The second-order valence-electron chi connectivity index (χ2n) is 4.62. The Hall–Kier alpha value is -2.60. The van der Waals surface area contributed by atoms with Gasteiger partial charge in [0.05, 0.1) is 22.3 Å². The van der Waals surface area contributed by atoms with Gasteiger partial charge in [-0.2, -0.15) is 5.26 Å². The largest absolute Gasteiger partial charge is 0.295 e. The molecule has 19 heavy (non-hydrogen) atoms. The van der Waals surface area contributed by atoms with Crippen LogP contribution < -0.4 is 0 Å². The summed E-state index contributed by atoms with van der Waals surface area (Å²) in [6, 6.07) is 16.1. The van der Waals surface area contributed by atoms with Crippen molar-refractivity contribution in [3.63, 3.8) is 0 Å². The molecule has 0 spiro atoms. The van der Waals surface area contributed by atoms with Crippen LogP contribution in [0.3, 0.4) is 0 Å². The van der Waals surface area contributed by atoms with Gasteiger partial charge in [0.1, 0.15) is 11.9 Å². The summed E-state index contributed by atoms with van der Waals surface area (Å²) < 4.78 is 2.04. The molecule has 1 aromatic heterocycles.